The fourth-order valence-corrected chi connectivity index (χ4v) is 2.54. The Balaban J connectivity index is 1.53. The van der Waals surface area contributed by atoms with E-state index in [1.807, 2.05) is 36.4 Å². The first-order valence-electron chi connectivity index (χ1n) is 7.39. The molecule has 0 spiro atoms. The predicted octanol–water partition coefficient (Wildman–Crippen LogP) is 2.49. The normalized spacial score (nSPS) is 12.4. The van der Waals surface area contributed by atoms with Crippen LogP contribution in [0.1, 0.15) is 16.7 Å². The second-order valence-electron chi connectivity index (χ2n) is 5.34. The molecule has 22 heavy (non-hydrogen) atoms. The summed E-state index contributed by atoms with van der Waals surface area (Å²) in [5.74, 6) is 1.78. The molecule has 0 unspecified atom stereocenters. The van der Waals surface area contributed by atoms with Crippen LogP contribution in [0.15, 0.2) is 42.5 Å². The molecule has 1 amide bonds. The van der Waals surface area contributed by atoms with Crippen LogP contribution in [0.2, 0.25) is 0 Å². The fourth-order valence-electron chi connectivity index (χ4n) is 2.54. The largest absolute Gasteiger partial charge is 0.497 e. The van der Waals surface area contributed by atoms with Crippen molar-refractivity contribution >= 4 is 5.91 Å². The van der Waals surface area contributed by atoms with E-state index >= 15 is 0 Å². The number of carbonyl (C=O) groups is 1. The topological polar surface area (TPSA) is 47.6 Å². The van der Waals surface area contributed by atoms with Crippen LogP contribution in [0.5, 0.6) is 11.5 Å². The number of carbonyl (C=O) groups excluding carboxylic acids is 1. The van der Waals surface area contributed by atoms with Gasteiger partial charge in [0.25, 0.3) is 0 Å². The SMILES string of the molecule is COc1ccc(CNC(=O)Cc2ccc3c(c2)CCO3)cc1. The van der Waals surface area contributed by atoms with Crippen molar-refractivity contribution in [2.45, 2.75) is 19.4 Å². The average Bonchev–Trinajstić information content (AvgIpc) is 3.01. The summed E-state index contributed by atoms with van der Waals surface area (Å²) < 4.78 is 10.6. The molecule has 0 radical (unpaired) electrons. The van der Waals surface area contributed by atoms with Crippen molar-refractivity contribution in [3.8, 4) is 11.5 Å². The molecule has 0 aromatic heterocycles. The molecule has 4 heteroatoms. The van der Waals surface area contributed by atoms with Crippen molar-refractivity contribution in [3.05, 3.63) is 59.2 Å². The summed E-state index contributed by atoms with van der Waals surface area (Å²) in [6.45, 7) is 1.26. The number of benzene rings is 2. The fraction of sp³-hybridized carbons (Fsp3) is 0.278. The Hall–Kier alpha value is -2.49. The maximum absolute atomic E-state index is 12.0. The molecule has 1 heterocycles. The molecule has 3 rings (SSSR count). The lowest BCUT2D eigenvalue weighted by atomic mass is 10.1. The van der Waals surface area contributed by atoms with Gasteiger partial charge in [-0.25, -0.2) is 0 Å². The summed E-state index contributed by atoms with van der Waals surface area (Å²) in [4.78, 5) is 12.0. The van der Waals surface area contributed by atoms with Crippen molar-refractivity contribution in [1.82, 2.24) is 5.32 Å². The van der Waals surface area contributed by atoms with Gasteiger partial charge >= 0.3 is 0 Å². The van der Waals surface area contributed by atoms with E-state index < -0.39 is 0 Å². The van der Waals surface area contributed by atoms with Gasteiger partial charge in [-0.15, -0.1) is 0 Å². The van der Waals surface area contributed by atoms with Crippen molar-refractivity contribution in [1.29, 1.82) is 0 Å². The minimum absolute atomic E-state index is 0.0229. The quantitative estimate of drug-likeness (QED) is 0.922. The lowest BCUT2D eigenvalue weighted by Crippen LogP contribution is -2.24. The first kappa shape index (κ1) is 14.4. The Bertz CT molecular complexity index is 665. The highest BCUT2D eigenvalue weighted by Crippen LogP contribution is 2.25. The van der Waals surface area contributed by atoms with Gasteiger partial charge in [0.2, 0.25) is 5.91 Å². The number of nitrogens with one attached hydrogen (secondary N) is 1. The molecule has 0 saturated heterocycles. The number of fused-ring (bicyclic) bond motifs is 1. The number of ether oxygens (including phenoxy) is 2. The van der Waals surface area contributed by atoms with Gasteiger partial charge in [0.05, 0.1) is 20.1 Å². The van der Waals surface area contributed by atoms with Crippen LogP contribution in [-0.4, -0.2) is 19.6 Å². The van der Waals surface area contributed by atoms with E-state index in [4.69, 9.17) is 9.47 Å². The second-order valence-corrected chi connectivity index (χ2v) is 5.34. The third-order valence-corrected chi connectivity index (χ3v) is 3.77. The van der Waals surface area contributed by atoms with Crippen LogP contribution in [-0.2, 0) is 24.2 Å². The second kappa shape index (κ2) is 6.52. The van der Waals surface area contributed by atoms with Gasteiger partial charge in [-0.05, 0) is 34.9 Å². The monoisotopic (exact) mass is 297 g/mol. The van der Waals surface area contributed by atoms with Gasteiger partial charge in [-0.1, -0.05) is 24.3 Å². The zero-order valence-electron chi connectivity index (χ0n) is 12.6. The van der Waals surface area contributed by atoms with Crippen LogP contribution in [0.4, 0.5) is 0 Å². The lowest BCUT2D eigenvalue weighted by Gasteiger charge is -2.07. The number of amides is 1. The number of rotatable bonds is 5. The predicted molar refractivity (Wildman–Crippen MR) is 84.2 cm³/mol. The molecule has 4 nitrogen and oxygen atoms in total. The highest BCUT2D eigenvalue weighted by atomic mass is 16.5. The van der Waals surface area contributed by atoms with E-state index in [2.05, 4.69) is 11.4 Å². The minimum atomic E-state index is 0.0229. The molecular weight excluding hydrogens is 278 g/mol. The van der Waals surface area contributed by atoms with E-state index in [9.17, 15) is 4.79 Å². The molecule has 0 bridgehead atoms. The van der Waals surface area contributed by atoms with Gasteiger partial charge in [0.15, 0.2) is 0 Å². The summed E-state index contributed by atoms with van der Waals surface area (Å²) in [5.41, 5.74) is 3.27. The molecule has 0 aliphatic carbocycles. The Labute approximate surface area is 130 Å². The molecule has 1 N–H and O–H groups in total. The molecule has 1 aliphatic heterocycles. The van der Waals surface area contributed by atoms with Crippen molar-refractivity contribution in [2.75, 3.05) is 13.7 Å². The Kier molecular flexibility index (Phi) is 4.28. The van der Waals surface area contributed by atoms with E-state index in [-0.39, 0.29) is 5.91 Å². The first-order valence-corrected chi connectivity index (χ1v) is 7.39. The summed E-state index contributed by atoms with van der Waals surface area (Å²) in [6.07, 6.45) is 1.32. The highest BCUT2D eigenvalue weighted by Gasteiger charge is 2.13. The van der Waals surface area contributed by atoms with E-state index in [1.165, 1.54) is 5.56 Å². The Morgan fingerprint density at radius 1 is 1.18 bits per heavy atom. The standard InChI is InChI=1S/C18H19NO3/c1-21-16-5-2-13(3-6-16)12-19-18(20)11-14-4-7-17-15(10-14)8-9-22-17/h2-7,10H,8-9,11-12H2,1H3,(H,19,20). The Morgan fingerprint density at radius 2 is 1.95 bits per heavy atom. The lowest BCUT2D eigenvalue weighted by molar-refractivity contribution is -0.120. The van der Waals surface area contributed by atoms with E-state index in [1.54, 1.807) is 7.11 Å². The van der Waals surface area contributed by atoms with E-state index in [0.29, 0.717) is 13.0 Å². The summed E-state index contributed by atoms with van der Waals surface area (Å²) in [5, 5.41) is 2.94. The maximum Gasteiger partial charge on any atom is 0.224 e. The van der Waals surface area contributed by atoms with Crippen molar-refractivity contribution in [3.63, 3.8) is 0 Å². The molecule has 0 fully saturated rings. The van der Waals surface area contributed by atoms with Gasteiger partial charge < -0.3 is 14.8 Å². The average molecular weight is 297 g/mol. The van der Waals surface area contributed by atoms with Gasteiger partial charge in [0.1, 0.15) is 11.5 Å². The molecular formula is C18H19NO3. The molecule has 2 aromatic rings. The zero-order chi connectivity index (χ0) is 15.4. The van der Waals surface area contributed by atoms with E-state index in [0.717, 1.165) is 35.7 Å². The summed E-state index contributed by atoms with van der Waals surface area (Å²) in [7, 11) is 1.64. The van der Waals surface area contributed by atoms with Gasteiger partial charge in [0, 0.05) is 13.0 Å². The molecule has 0 saturated carbocycles. The summed E-state index contributed by atoms with van der Waals surface area (Å²) in [6, 6.07) is 13.7. The first-order chi connectivity index (χ1) is 10.7. The van der Waals surface area contributed by atoms with Crippen LogP contribution in [0, 0.1) is 0 Å². The van der Waals surface area contributed by atoms with Crippen molar-refractivity contribution < 1.29 is 14.3 Å². The van der Waals surface area contributed by atoms with Crippen molar-refractivity contribution in [2.24, 2.45) is 0 Å². The summed E-state index contributed by atoms with van der Waals surface area (Å²) >= 11 is 0. The smallest absolute Gasteiger partial charge is 0.224 e. The zero-order valence-corrected chi connectivity index (χ0v) is 12.6. The highest BCUT2D eigenvalue weighted by molar-refractivity contribution is 5.78. The third kappa shape index (κ3) is 3.39. The van der Waals surface area contributed by atoms with Gasteiger partial charge in [-0.2, -0.15) is 0 Å². The number of hydrogen-bond donors (Lipinski definition) is 1. The maximum atomic E-state index is 12.0. The van der Waals surface area contributed by atoms with Crippen LogP contribution in [0.3, 0.4) is 0 Å². The molecule has 0 atom stereocenters. The third-order valence-electron chi connectivity index (χ3n) is 3.77. The van der Waals surface area contributed by atoms with Crippen LogP contribution < -0.4 is 14.8 Å². The van der Waals surface area contributed by atoms with Crippen LogP contribution in [0.25, 0.3) is 0 Å². The molecule has 114 valence electrons. The van der Waals surface area contributed by atoms with Crippen LogP contribution >= 0.6 is 0 Å². The number of methoxy groups -OCH3 is 1. The number of hydrogen-bond acceptors (Lipinski definition) is 3. The molecule has 1 aliphatic rings. The molecule has 2 aromatic carbocycles. The minimum Gasteiger partial charge on any atom is -0.497 e. The van der Waals surface area contributed by atoms with Gasteiger partial charge in [-0.3, -0.25) is 4.79 Å². The Morgan fingerprint density at radius 3 is 2.73 bits per heavy atom.